The highest BCUT2D eigenvalue weighted by Gasteiger charge is 2.53. The molecule has 0 amide bonds. The van der Waals surface area contributed by atoms with Crippen molar-refractivity contribution in [2.75, 3.05) is 6.61 Å². The predicted molar refractivity (Wildman–Crippen MR) is 59.6 cm³/mol. The minimum absolute atomic E-state index is 0.158. The number of ketones is 1. The van der Waals surface area contributed by atoms with Gasteiger partial charge in [-0.05, 0) is 6.92 Å². The molecule has 0 saturated carbocycles. The van der Waals surface area contributed by atoms with Gasteiger partial charge >= 0.3 is 5.97 Å². The number of esters is 1. The lowest BCUT2D eigenvalue weighted by molar-refractivity contribution is -0.147. The summed E-state index contributed by atoms with van der Waals surface area (Å²) in [6.07, 6.45) is -0.504. The van der Waals surface area contributed by atoms with Crippen LogP contribution < -0.4 is 0 Å². The second kappa shape index (κ2) is 4.92. The molecule has 0 aromatic heterocycles. The van der Waals surface area contributed by atoms with Crippen molar-refractivity contribution >= 4 is 46.6 Å². The van der Waals surface area contributed by atoms with E-state index in [1.165, 1.54) is 0 Å². The number of ether oxygens (including phenoxy) is 1. The maximum atomic E-state index is 11.4. The van der Waals surface area contributed by atoms with Gasteiger partial charge in [0.25, 0.3) is 0 Å². The van der Waals surface area contributed by atoms with Crippen LogP contribution in [0.3, 0.4) is 0 Å². The van der Waals surface area contributed by atoms with Crippen LogP contribution in [0.15, 0.2) is 10.1 Å². The molecule has 16 heavy (non-hydrogen) atoms. The van der Waals surface area contributed by atoms with Crippen LogP contribution in [0.25, 0.3) is 0 Å². The molecule has 0 aromatic rings. The van der Waals surface area contributed by atoms with E-state index in [-0.39, 0.29) is 16.7 Å². The van der Waals surface area contributed by atoms with Crippen LogP contribution in [0.4, 0.5) is 0 Å². The molecule has 0 heterocycles. The molecule has 0 aliphatic heterocycles. The first-order chi connectivity index (χ1) is 7.34. The van der Waals surface area contributed by atoms with E-state index in [9.17, 15) is 14.7 Å². The van der Waals surface area contributed by atoms with Gasteiger partial charge in [0.2, 0.25) is 0 Å². The summed E-state index contributed by atoms with van der Waals surface area (Å²) in [6.45, 7) is 1.77. The normalized spacial score (nSPS) is 29.8. The summed E-state index contributed by atoms with van der Waals surface area (Å²) in [4.78, 5) is 22.6. The van der Waals surface area contributed by atoms with E-state index in [1.807, 2.05) is 0 Å². The van der Waals surface area contributed by atoms with Crippen LogP contribution in [0, 0.1) is 0 Å². The number of Topliss-reactive ketones (excluding diaryl/α,β-unsaturated/α-hetero) is 1. The SMILES string of the molecule is CCOC(=O)C[C@]1(O)C(Cl)=C(Cl)C(=O)[C@@H]1Cl. The molecule has 0 aromatic carbocycles. The van der Waals surface area contributed by atoms with Gasteiger partial charge in [-0.15, -0.1) is 11.6 Å². The fourth-order valence-corrected chi connectivity index (χ4v) is 2.29. The monoisotopic (exact) mass is 286 g/mol. The lowest BCUT2D eigenvalue weighted by Crippen LogP contribution is -2.41. The van der Waals surface area contributed by atoms with Crippen LogP contribution in [-0.2, 0) is 14.3 Å². The van der Waals surface area contributed by atoms with Crippen molar-refractivity contribution in [1.29, 1.82) is 0 Å². The topological polar surface area (TPSA) is 63.6 Å². The van der Waals surface area contributed by atoms with Crippen molar-refractivity contribution in [2.24, 2.45) is 0 Å². The maximum absolute atomic E-state index is 11.4. The summed E-state index contributed by atoms with van der Waals surface area (Å²) in [5.74, 6) is -1.40. The van der Waals surface area contributed by atoms with Gasteiger partial charge in [-0.25, -0.2) is 0 Å². The van der Waals surface area contributed by atoms with E-state index in [0.717, 1.165) is 0 Å². The van der Waals surface area contributed by atoms with Gasteiger partial charge < -0.3 is 9.84 Å². The summed E-state index contributed by atoms with van der Waals surface area (Å²) in [5, 5.41) is 8.02. The van der Waals surface area contributed by atoms with Gasteiger partial charge in [-0.3, -0.25) is 9.59 Å². The molecule has 0 unspecified atom stereocenters. The average molecular weight is 288 g/mol. The Morgan fingerprint density at radius 1 is 1.56 bits per heavy atom. The Hall–Kier alpha value is -0.290. The fraction of sp³-hybridized carbons (Fsp3) is 0.556. The van der Waals surface area contributed by atoms with Gasteiger partial charge in [-0.2, -0.15) is 0 Å². The predicted octanol–water partition coefficient (Wildman–Crippen LogP) is 1.55. The fourth-order valence-electron chi connectivity index (χ4n) is 1.34. The van der Waals surface area contributed by atoms with Crippen molar-refractivity contribution in [3.63, 3.8) is 0 Å². The lowest BCUT2D eigenvalue weighted by atomic mass is 9.98. The summed E-state index contributed by atoms with van der Waals surface area (Å²) in [6, 6.07) is 0. The molecule has 1 aliphatic carbocycles. The van der Waals surface area contributed by atoms with E-state index < -0.39 is 29.2 Å². The van der Waals surface area contributed by atoms with Gasteiger partial charge in [0.1, 0.15) is 16.0 Å². The molecule has 0 fully saturated rings. The van der Waals surface area contributed by atoms with Crippen LogP contribution in [0.2, 0.25) is 0 Å². The van der Waals surface area contributed by atoms with Crippen LogP contribution >= 0.6 is 34.8 Å². The number of aliphatic hydroxyl groups is 1. The number of rotatable bonds is 3. The zero-order valence-corrected chi connectivity index (χ0v) is 10.6. The number of allylic oxidation sites excluding steroid dienone is 1. The summed E-state index contributed by atoms with van der Waals surface area (Å²) in [7, 11) is 0. The molecule has 1 aliphatic rings. The highest BCUT2D eigenvalue weighted by Crippen LogP contribution is 2.43. The van der Waals surface area contributed by atoms with Crippen LogP contribution in [0.5, 0.6) is 0 Å². The van der Waals surface area contributed by atoms with Gasteiger partial charge in [-0.1, -0.05) is 23.2 Å². The molecular formula is C9H9Cl3O4. The number of carbonyl (C=O) groups is 2. The van der Waals surface area contributed by atoms with E-state index >= 15 is 0 Å². The quantitative estimate of drug-likeness (QED) is 0.632. The van der Waals surface area contributed by atoms with E-state index in [4.69, 9.17) is 34.8 Å². The zero-order valence-electron chi connectivity index (χ0n) is 8.30. The molecule has 0 spiro atoms. The standard InChI is InChI=1S/C9H9Cl3O4/c1-2-16-4(13)3-9(15)7(11)5(10)6(14)8(9)12/h8,15H,2-3H2,1H3/t8-,9-/m0/s1. The number of halogens is 3. The Balaban J connectivity index is 2.93. The molecule has 0 radical (unpaired) electrons. The smallest absolute Gasteiger partial charge is 0.309 e. The second-order valence-electron chi connectivity index (χ2n) is 3.26. The second-order valence-corrected chi connectivity index (χ2v) is 4.45. The van der Waals surface area contributed by atoms with Crippen LogP contribution in [-0.4, -0.2) is 34.4 Å². The zero-order chi connectivity index (χ0) is 12.5. The van der Waals surface area contributed by atoms with E-state index in [2.05, 4.69) is 4.74 Å². The van der Waals surface area contributed by atoms with Crippen molar-refractivity contribution in [2.45, 2.75) is 24.3 Å². The molecule has 2 atom stereocenters. The minimum atomic E-state index is -1.97. The third-order valence-electron chi connectivity index (χ3n) is 2.16. The highest BCUT2D eigenvalue weighted by molar-refractivity contribution is 6.56. The number of hydrogen-bond acceptors (Lipinski definition) is 4. The van der Waals surface area contributed by atoms with Gasteiger partial charge in [0.15, 0.2) is 5.78 Å². The average Bonchev–Trinajstić information content (AvgIpc) is 2.35. The first-order valence-electron chi connectivity index (χ1n) is 4.46. The third-order valence-corrected chi connectivity index (χ3v) is 3.71. The Morgan fingerprint density at radius 2 is 2.12 bits per heavy atom. The number of hydrogen-bond donors (Lipinski definition) is 1. The van der Waals surface area contributed by atoms with Crippen molar-refractivity contribution in [1.82, 2.24) is 0 Å². The minimum Gasteiger partial charge on any atom is -0.466 e. The van der Waals surface area contributed by atoms with Crippen molar-refractivity contribution < 1.29 is 19.4 Å². The summed E-state index contributed by atoms with van der Waals surface area (Å²) in [5.41, 5.74) is -1.97. The summed E-state index contributed by atoms with van der Waals surface area (Å²) < 4.78 is 4.64. The molecule has 0 bridgehead atoms. The van der Waals surface area contributed by atoms with Crippen LogP contribution in [0.1, 0.15) is 13.3 Å². The Kier molecular flexibility index (Phi) is 4.23. The lowest BCUT2D eigenvalue weighted by Gasteiger charge is -2.24. The van der Waals surface area contributed by atoms with Gasteiger partial charge in [0, 0.05) is 0 Å². The van der Waals surface area contributed by atoms with Crippen molar-refractivity contribution in [3.05, 3.63) is 10.1 Å². The number of carbonyl (C=O) groups excluding carboxylic acids is 2. The van der Waals surface area contributed by atoms with Crippen molar-refractivity contribution in [3.8, 4) is 0 Å². The maximum Gasteiger partial charge on any atom is 0.309 e. The molecule has 1 N–H and O–H groups in total. The highest BCUT2D eigenvalue weighted by atomic mass is 35.5. The molecule has 0 saturated heterocycles. The number of alkyl halides is 1. The Bertz CT molecular complexity index is 366. The molecule has 1 rings (SSSR count). The summed E-state index contributed by atoms with van der Waals surface area (Å²) >= 11 is 16.9. The Morgan fingerprint density at radius 3 is 2.50 bits per heavy atom. The molecular weight excluding hydrogens is 278 g/mol. The first-order valence-corrected chi connectivity index (χ1v) is 5.65. The molecule has 4 nitrogen and oxygen atoms in total. The van der Waals surface area contributed by atoms with Gasteiger partial charge in [0.05, 0.1) is 18.1 Å². The largest absolute Gasteiger partial charge is 0.466 e. The van der Waals surface area contributed by atoms with E-state index in [0.29, 0.717) is 0 Å². The Labute approximate surface area is 107 Å². The molecule has 7 heteroatoms. The first kappa shape index (κ1) is 13.8. The third kappa shape index (κ3) is 2.20. The van der Waals surface area contributed by atoms with E-state index in [1.54, 1.807) is 6.92 Å². The molecule has 90 valence electrons.